The first-order valence-electron chi connectivity index (χ1n) is 11.0. The Labute approximate surface area is 206 Å². The minimum atomic E-state index is -0.484. The van der Waals surface area contributed by atoms with E-state index in [9.17, 15) is 19.7 Å². The van der Waals surface area contributed by atoms with E-state index in [1.165, 1.54) is 10.6 Å². The summed E-state index contributed by atoms with van der Waals surface area (Å²) in [5.74, 6) is -0.0424. The number of rotatable bonds is 7. The molecule has 0 fully saturated rings. The number of carbonyl (C=O) groups is 1. The van der Waals surface area contributed by atoms with Crippen LogP contribution in [0.5, 0.6) is 0 Å². The van der Waals surface area contributed by atoms with Crippen molar-refractivity contribution in [2.24, 2.45) is 0 Å². The monoisotopic (exact) mass is 488 g/mol. The quantitative estimate of drug-likeness (QED) is 0.160. The van der Waals surface area contributed by atoms with Crippen LogP contribution in [0.25, 0.3) is 16.6 Å². The lowest BCUT2D eigenvalue weighted by atomic mass is 10.0. The normalized spacial score (nSPS) is 11.1. The number of para-hydroxylation sites is 1. The van der Waals surface area contributed by atoms with Crippen molar-refractivity contribution in [1.29, 1.82) is 0 Å². The molecule has 1 heterocycles. The van der Waals surface area contributed by atoms with Gasteiger partial charge in [-0.1, -0.05) is 55.9 Å². The third kappa shape index (κ3) is 5.25. The number of benzene rings is 3. The molecule has 8 nitrogen and oxygen atoms in total. The predicted octanol–water partition coefficient (Wildman–Crippen LogP) is 5.46. The fourth-order valence-electron chi connectivity index (χ4n) is 3.66. The van der Waals surface area contributed by atoms with E-state index in [0.29, 0.717) is 38.9 Å². The van der Waals surface area contributed by atoms with Crippen LogP contribution in [-0.2, 0) is 4.79 Å². The highest BCUT2D eigenvalue weighted by atomic mass is 32.2. The maximum Gasteiger partial charge on any atom is 0.274 e. The van der Waals surface area contributed by atoms with Gasteiger partial charge >= 0.3 is 0 Å². The molecule has 3 aromatic carbocycles. The molecule has 0 spiro atoms. The smallest absolute Gasteiger partial charge is 0.274 e. The van der Waals surface area contributed by atoms with E-state index in [1.54, 1.807) is 37.3 Å². The lowest BCUT2D eigenvalue weighted by molar-refractivity contribution is -0.385. The molecule has 1 N–H and O–H groups in total. The van der Waals surface area contributed by atoms with Crippen LogP contribution >= 0.6 is 11.8 Å². The number of nitro benzene ring substituents is 1. The summed E-state index contributed by atoms with van der Waals surface area (Å²) in [4.78, 5) is 41.4. The first-order valence-corrected chi connectivity index (χ1v) is 12.0. The standard InChI is InChI=1S/C26H24N4O4S/c1-16(2)18-9-12-20(13-10-18)29-25(32)21-6-4-5-7-22(21)28-26(29)35-15-24(31)27-19-11-8-17(3)23(14-19)30(33)34/h4-14,16H,15H2,1-3H3,(H,27,31). The summed E-state index contributed by atoms with van der Waals surface area (Å²) < 4.78 is 1.51. The first kappa shape index (κ1) is 24.2. The SMILES string of the molecule is Cc1ccc(NC(=O)CSc2nc3ccccc3c(=O)n2-c2ccc(C(C)C)cc2)cc1[N+](=O)[O-]. The van der Waals surface area contributed by atoms with Crippen LogP contribution in [0.1, 0.15) is 30.9 Å². The maximum atomic E-state index is 13.4. The molecule has 4 rings (SSSR count). The average Bonchev–Trinajstić information content (AvgIpc) is 2.84. The molecule has 35 heavy (non-hydrogen) atoms. The predicted molar refractivity (Wildman–Crippen MR) is 139 cm³/mol. The van der Waals surface area contributed by atoms with Gasteiger partial charge in [-0.25, -0.2) is 4.98 Å². The number of carbonyl (C=O) groups excluding carboxylic acids is 1. The molecule has 0 atom stereocenters. The molecule has 0 saturated heterocycles. The summed E-state index contributed by atoms with van der Waals surface area (Å²) in [6, 6.07) is 19.3. The molecule has 0 aliphatic rings. The summed E-state index contributed by atoms with van der Waals surface area (Å²) in [5.41, 5.74) is 2.92. The number of nitrogens with zero attached hydrogens (tertiary/aromatic N) is 3. The van der Waals surface area contributed by atoms with Crippen molar-refractivity contribution in [3.05, 3.63) is 98.3 Å². The van der Waals surface area contributed by atoms with Crippen molar-refractivity contribution in [2.75, 3.05) is 11.1 Å². The Balaban J connectivity index is 1.64. The second kappa shape index (κ2) is 10.1. The van der Waals surface area contributed by atoms with Crippen LogP contribution < -0.4 is 10.9 Å². The van der Waals surface area contributed by atoms with Gasteiger partial charge in [0.1, 0.15) is 0 Å². The number of fused-ring (bicyclic) bond motifs is 1. The molecule has 0 aliphatic carbocycles. The number of amides is 1. The summed E-state index contributed by atoms with van der Waals surface area (Å²) in [6.07, 6.45) is 0. The number of hydrogen-bond acceptors (Lipinski definition) is 6. The number of hydrogen-bond donors (Lipinski definition) is 1. The Kier molecular flexibility index (Phi) is 6.97. The molecule has 0 saturated carbocycles. The molecule has 1 amide bonds. The van der Waals surface area contributed by atoms with Crippen LogP contribution in [0.4, 0.5) is 11.4 Å². The van der Waals surface area contributed by atoms with E-state index in [-0.39, 0.29) is 22.9 Å². The second-order valence-electron chi connectivity index (χ2n) is 8.39. The highest BCUT2D eigenvalue weighted by Crippen LogP contribution is 2.25. The maximum absolute atomic E-state index is 13.4. The van der Waals surface area contributed by atoms with Crippen molar-refractivity contribution in [1.82, 2.24) is 9.55 Å². The third-order valence-corrected chi connectivity index (χ3v) is 6.52. The van der Waals surface area contributed by atoms with Gasteiger partial charge in [0.15, 0.2) is 5.16 Å². The van der Waals surface area contributed by atoms with E-state index in [2.05, 4.69) is 24.1 Å². The third-order valence-electron chi connectivity index (χ3n) is 5.58. The second-order valence-corrected chi connectivity index (χ2v) is 9.34. The van der Waals surface area contributed by atoms with Crippen molar-refractivity contribution >= 4 is 39.9 Å². The summed E-state index contributed by atoms with van der Waals surface area (Å²) in [7, 11) is 0. The van der Waals surface area contributed by atoms with Gasteiger partial charge in [-0.05, 0) is 48.7 Å². The lowest BCUT2D eigenvalue weighted by Gasteiger charge is -2.14. The van der Waals surface area contributed by atoms with E-state index in [4.69, 9.17) is 0 Å². The van der Waals surface area contributed by atoms with Crippen molar-refractivity contribution < 1.29 is 9.72 Å². The largest absolute Gasteiger partial charge is 0.325 e. The van der Waals surface area contributed by atoms with E-state index in [0.717, 1.165) is 17.3 Å². The molecule has 1 aromatic heterocycles. The fraction of sp³-hybridized carbons (Fsp3) is 0.192. The van der Waals surface area contributed by atoms with Gasteiger partial charge in [0, 0.05) is 17.3 Å². The van der Waals surface area contributed by atoms with Crippen molar-refractivity contribution in [3.63, 3.8) is 0 Å². The lowest BCUT2D eigenvalue weighted by Crippen LogP contribution is -2.23. The zero-order chi connectivity index (χ0) is 25.1. The number of nitrogens with one attached hydrogen (secondary N) is 1. The number of anilines is 1. The summed E-state index contributed by atoms with van der Waals surface area (Å²) in [5, 5.41) is 14.7. The van der Waals surface area contributed by atoms with E-state index in [1.807, 2.05) is 30.3 Å². The Morgan fingerprint density at radius 1 is 1.11 bits per heavy atom. The molecule has 178 valence electrons. The first-order chi connectivity index (χ1) is 16.7. The number of nitro groups is 1. The van der Waals surface area contributed by atoms with Gasteiger partial charge in [-0.15, -0.1) is 0 Å². The van der Waals surface area contributed by atoms with Crippen LogP contribution in [0.2, 0.25) is 0 Å². The molecular formula is C26H24N4O4S. The highest BCUT2D eigenvalue weighted by Gasteiger charge is 2.16. The van der Waals surface area contributed by atoms with Crippen molar-refractivity contribution in [3.8, 4) is 5.69 Å². The van der Waals surface area contributed by atoms with Gasteiger partial charge in [-0.2, -0.15) is 0 Å². The summed E-state index contributed by atoms with van der Waals surface area (Å²) >= 11 is 1.13. The van der Waals surface area contributed by atoms with Crippen molar-refractivity contribution in [2.45, 2.75) is 31.8 Å². The molecule has 9 heteroatoms. The minimum absolute atomic E-state index is 0.0312. The molecule has 0 bridgehead atoms. The Bertz CT molecular complexity index is 1480. The van der Waals surface area contributed by atoms with Crippen LogP contribution in [-0.4, -0.2) is 26.1 Å². The molecule has 0 aliphatic heterocycles. The number of aryl methyl sites for hydroxylation is 1. The highest BCUT2D eigenvalue weighted by molar-refractivity contribution is 7.99. The zero-order valence-corrected chi connectivity index (χ0v) is 20.3. The number of thioether (sulfide) groups is 1. The van der Waals surface area contributed by atoms with E-state index >= 15 is 0 Å². The summed E-state index contributed by atoms with van der Waals surface area (Å²) in [6.45, 7) is 5.83. The van der Waals surface area contributed by atoms with Crippen LogP contribution in [0.3, 0.4) is 0 Å². The van der Waals surface area contributed by atoms with Crippen LogP contribution in [0, 0.1) is 17.0 Å². The van der Waals surface area contributed by atoms with Gasteiger partial charge in [0.05, 0.1) is 27.3 Å². The molecule has 0 unspecified atom stereocenters. The molecule has 4 aromatic rings. The zero-order valence-electron chi connectivity index (χ0n) is 19.5. The molecule has 0 radical (unpaired) electrons. The fourth-order valence-corrected chi connectivity index (χ4v) is 4.47. The van der Waals surface area contributed by atoms with Gasteiger partial charge < -0.3 is 5.32 Å². The average molecular weight is 489 g/mol. The number of aromatic nitrogens is 2. The van der Waals surface area contributed by atoms with Crippen LogP contribution in [0.15, 0.2) is 76.7 Å². The van der Waals surface area contributed by atoms with E-state index < -0.39 is 4.92 Å². The topological polar surface area (TPSA) is 107 Å². The van der Waals surface area contributed by atoms with Gasteiger partial charge in [0.25, 0.3) is 11.2 Å². The Hall–Kier alpha value is -3.98. The minimum Gasteiger partial charge on any atom is -0.325 e. The molecular weight excluding hydrogens is 464 g/mol. The Morgan fingerprint density at radius 2 is 1.83 bits per heavy atom. The van der Waals surface area contributed by atoms with Gasteiger partial charge in [-0.3, -0.25) is 24.3 Å². The Morgan fingerprint density at radius 3 is 2.51 bits per heavy atom. The van der Waals surface area contributed by atoms with Gasteiger partial charge in [0.2, 0.25) is 5.91 Å².